The van der Waals surface area contributed by atoms with E-state index in [1.54, 1.807) is 0 Å². The van der Waals surface area contributed by atoms with E-state index < -0.39 is 38.8 Å². The fraction of sp³-hybridized carbons (Fsp3) is 1.00. The second-order valence-electron chi connectivity index (χ2n) is 10.3. The average Bonchev–Trinajstić information content (AvgIpc) is 2.42. The minimum atomic E-state index is -3.99. The van der Waals surface area contributed by atoms with Crippen LogP contribution in [0.4, 0.5) is 0 Å². The fourth-order valence-corrected chi connectivity index (χ4v) is 28.6. The predicted octanol–water partition coefficient (Wildman–Crippen LogP) is 5.55. The SMILES string of the molecule is CC[N](CC)[Zr]([O][Si](C)(C)OC(C)(C)C)([O][Si](C)(C)OC(C)(C)C)[N](CC)CC. The Morgan fingerprint density at radius 1 is 0.586 bits per heavy atom. The summed E-state index contributed by atoms with van der Waals surface area (Å²) in [7, 11) is -4.94. The van der Waals surface area contributed by atoms with Crippen LogP contribution in [0.3, 0.4) is 0 Å². The summed E-state index contributed by atoms with van der Waals surface area (Å²) in [4.78, 5) is 0. The van der Waals surface area contributed by atoms with E-state index in [1.165, 1.54) is 0 Å². The van der Waals surface area contributed by atoms with Crippen molar-refractivity contribution < 1.29 is 35.6 Å². The Balaban J connectivity index is 6.41. The summed E-state index contributed by atoms with van der Waals surface area (Å²) in [5.41, 5.74) is -0.511. The van der Waals surface area contributed by atoms with Gasteiger partial charge in [-0.2, -0.15) is 0 Å². The van der Waals surface area contributed by atoms with Crippen LogP contribution in [0.25, 0.3) is 0 Å². The Bertz CT molecular complexity index is 442. The third-order valence-corrected chi connectivity index (χ3v) is 26.1. The molecule has 0 aliphatic carbocycles. The molecule has 0 rings (SSSR count). The molecule has 0 amide bonds. The first kappa shape index (κ1) is 30.1. The van der Waals surface area contributed by atoms with E-state index in [1.807, 2.05) is 0 Å². The molecule has 9 heteroatoms. The molecule has 0 aliphatic rings. The van der Waals surface area contributed by atoms with Gasteiger partial charge >= 0.3 is 191 Å². The topological polar surface area (TPSA) is 43.4 Å². The number of hydrogen-bond acceptors (Lipinski definition) is 6. The molecule has 29 heavy (non-hydrogen) atoms. The zero-order valence-corrected chi connectivity index (χ0v) is 26.3. The van der Waals surface area contributed by atoms with Crippen LogP contribution in [-0.4, -0.2) is 60.2 Å². The minimum absolute atomic E-state index is 0.255. The predicted molar refractivity (Wildman–Crippen MR) is 125 cm³/mol. The van der Waals surface area contributed by atoms with Crippen LogP contribution in [0.1, 0.15) is 69.2 Å². The third-order valence-electron chi connectivity index (χ3n) is 4.19. The molecule has 6 nitrogen and oxygen atoms in total. The third kappa shape index (κ3) is 10.5. The summed E-state index contributed by atoms with van der Waals surface area (Å²) < 4.78 is 32.2. The summed E-state index contributed by atoms with van der Waals surface area (Å²) in [6.07, 6.45) is 0. The van der Waals surface area contributed by atoms with E-state index in [9.17, 15) is 0 Å². The summed E-state index contributed by atoms with van der Waals surface area (Å²) in [6, 6.07) is 0. The van der Waals surface area contributed by atoms with Crippen molar-refractivity contribution in [2.45, 2.75) is 107 Å². The number of hydrogen-bond donors (Lipinski definition) is 0. The molecule has 0 N–H and O–H groups in total. The van der Waals surface area contributed by atoms with Crippen molar-refractivity contribution in [2.24, 2.45) is 0 Å². The van der Waals surface area contributed by atoms with Crippen LogP contribution in [0.5, 0.6) is 0 Å². The Hall–Kier alpha value is 1.08. The number of rotatable bonds is 12. The molecule has 0 heterocycles. The zero-order chi connectivity index (χ0) is 23.3. The van der Waals surface area contributed by atoms with Crippen LogP contribution >= 0.6 is 0 Å². The van der Waals surface area contributed by atoms with Crippen molar-refractivity contribution in [3.8, 4) is 0 Å². The Morgan fingerprint density at radius 3 is 1.00 bits per heavy atom. The number of nitrogens with zero attached hydrogens (tertiary/aromatic N) is 2. The molecular formula is C20H50N2O4Si2Zr. The molecule has 0 fully saturated rings. The molecule has 0 aliphatic heterocycles. The molecule has 0 aromatic rings. The van der Waals surface area contributed by atoms with Crippen LogP contribution < -0.4 is 0 Å². The second kappa shape index (κ2) is 11.3. The van der Waals surface area contributed by atoms with Crippen molar-refractivity contribution in [1.82, 2.24) is 5.69 Å². The van der Waals surface area contributed by atoms with Gasteiger partial charge in [-0.25, -0.2) is 0 Å². The molecular weight excluding hydrogens is 480 g/mol. The van der Waals surface area contributed by atoms with Crippen molar-refractivity contribution in [2.75, 3.05) is 26.2 Å². The van der Waals surface area contributed by atoms with E-state index in [0.717, 1.165) is 26.2 Å². The monoisotopic (exact) mass is 528 g/mol. The first-order valence-corrected chi connectivity index (χ1v) is 21.0. The maximum absolute atomic E-state index is 7.15. The molecule has 0 saturated carbocycles. The van der Waals surface area contributed by atoms with Crippen LogP contribution in [0.2, 0.25) is 26.2 Å². The Kier molecular flexibility index (Phi) is 11.7. The van der Waals surface area contributed by atoms with Gasteiger partial charge in [0, 0.05) is 0 Å². The van der Waals surface area contributed by atoms with E-state index >= 15 is 0 Å². The van der Waals surface area contributed by atoms with Gasteiger partial charge in [0.1, 0.15) is 0 Å². The van der Waals surface area contributed by atoms with E-state index in [4.69, 9.17) is 13.9 Å². The van der Waals surface area contributed by atoms with Gasteiger partial charge in [-0.05, 0) is 0 Å². The summed E-state index contributed by atoms with van der Waals surface area (Å²) in [6.45, 7) is 33.5. The summed E-state index contributed by atoms with van der Waals surface area (Å²) in [5.74, 6) is 0. The van der Waals surface area contributed by atoms with Crippen LogP contribution in [0, 0.1) is 0 Å². The molecule has 0 bridgehead atoms. The van der Waals surface area contributed by atoms with Gasteiger partial charge < -0.3 is 0 Å². The van der Waals surface area contributed by atoms with E-state index in [2.05, 4.69) is 101 Å². The van der Waals surface area contributed by atoms with Gasteiger partial charge in [0.25, 0.3) is 0 Å². The van der Waals surface area contributed by atoms with Crippen LogP contribution in [0.15, 0.2) is 0 Å². The van der Waals surface area contributed by atoms with Crippen molar-refractivity contribution in [1.29, 1.82) is 0 Å². The molecule has 0 saturated heterocycles. The molecule has 176 valence electrons. The van der Waals surface area contributed by atoms with Crippen molar-refractivity contribution >= 4 is 17.1 Å². The zero-order valence-electron chi connectivity index (χ0n) is 21.9. The maximum atomic E-state index is 7.15. The normalized spacial score (nSPS) is 14.9. The van der Waals surface area contributed by atoms with Gasteiger partial charge in [0.15, 0.2) is 0 Å². The van der Waals surface area contributed by atoms with Crippen LogP contribution in [-0.2, 0) is 35.6 Å². The van der Waals surface area contributed by atoms with Gasteiger partial charge in [-0.1, -0.05) is 0 Å². The summed E-state index contributed by atoms with van der Waals surface area (Å²) >= 11 is -3.99. The average molecular weight is 530 g/mol. The van der Waals surface area contributed by atoms with E-state index in [-0.39, 0.29) is 11.2 Å². The van der Waals surface area contributed by atoms with Crippen molar-refractivity contribution in [3.63, 3.8) is 0 Å². The first-order chi connectivity index (χ1) is 12.9. The molecule has 0 aromatic heterocycles. The van der Waals surface area contributed by atoms with Gasteiger partial charge in [0.05, 0.1) is 0 Å². The van der Waals surface area contributed by atoms with Crippen molar-refractivity contribution in [3.05, 3.63) is 0 Å². The Labute approximate surface area is 190 Å². The van der Waals surface area contributed by atoms with Gasteiger partial charge in [-0.3, -0.25) is 0 Å². The quantitative estimate of drug-likeness (QED) is 0.309. The molecule has 0 spiro atoms. The molecule has 0 radical (unpaired) electrons. The molecule has 0 aromatic carbocycles. The standard InChI is InChI=1S/2C6H15O2Si.2C4H10N.Zr/c2*1-6(2,3)8-9(4,5)7;2*1-3-5-4-2;/h2*1-5H3;2*3-4H2,1-2H3;/q4*-1;+4. The summed E-state index contributed by atoms with van der Waals surface area (Å²) in [5, 5.41) is 0. The van der Waals surface area contributed by atoms with Gasteiger partial charge in [-0.15, -0.1) is 0 Å². The second-order valence-corrected chi connectivity index (χ2v) is 25.6. The van der Waals surface area contributed by atoms with Gasteiger partial charge in [0.2, 0.25) is 0 Å². The fourth-order valence-electron chi connectivity index (χ4n) is 3.88. The molecule has 0 atom stereocenters. The molecule has 0 unspecified atom stereocenters. The first-order valence-electron chi connectivity index (χ1n) is 11.2. The van der Waals surface area contributed by atoms with E-state index in [0.29, 0.717) is 0 Å². The Morgan fingerprint density at radius 2 is 0.828 bits per heavy atom.